The third-order valence-electron chi connectivity index (χ3n) is 4.72. The highest BCUT2D eigenvalue weighted by Gasteiger charge is 2.16. The van der Waals surface area contributed by atoms with Crippen molar-refractivity contribution in [2.75, 3.05) is 24.2 Å². The highest BCUT2D eigenvalue weighted by atomic mass is 16.3. The number of furan rings is 1. The van der Waals surface area contributed by atoms with E-state index in [4.69, 9.17) is 4.42 Å². The minimum atomic E-state index is -0.140. The molecule has 1 aromatic carbocycles. The van der Waals surface area contributed by atoms with Crippen LogP contribution in [0.5, 0.6) is 0 Å². The number of benzene rings is 1. The maximum Gasteiger partial charge on any atom is 0.246 e. The maximum atomic E-state index is 12.5. The second-order valence-corrected chi connectivity index (χ2v) is 6.74. The second-order valence-electron chi connectivity index (χ2n) is 6.74. The van der Waals surface area contributed by atoms with Gasteiger partial charge in [-0.15, -0.1) is 0 Å². The van der Waals surface area contributed by atoms with Gasteiger partial charge in [0.2, 0.25) is 11.8 Å². The number of rotatable bonds is 4. The molecule has 0 fully saturated rings. The number of anilines is 2. The summed E-state index contributed by atoms with van der Waals surface area (Å²) in [6, 6.07) is 9.68. The lowest BCUT2D eigenvalue weighted by molar-refractivity contribution is -0.125. The summed E-state index contributed by atoms with van der Waals surface area (Å²) in [6.07, 6.45) is 4.82. The van der Waals surface area contributed by atoms with Crippen molar-refractivity contribution in [3.63, 3.8) is 0 Å². The molecule has 1 aliphatic heterocycles. The number of fused-ring (bicyclic) bond motifs is 2. The molecule has 0 unspecified atom stereocenters. The third-order valence-corrected chi connectivity index (χ3v) is 4.72. The summed E-state index contributed by atoms with van der Waals surface area (Å²) >= 11 is 0. The molecule has 0 saturated heterocycles. The van der Waals surface area contributed by atoms with Crippen LogP contribution >= 0.6 is 0 Å². The Labute approximate surface area is 162 Å². The van der Waals surface area contributed by atoms with Crippen LogP contribution in [0, 0.1) is 6.92 Å². The minimum absolute atomic E-state index is 0.124. The number of amides is 2. The van der Waals surface area contributed by atoms with Crippen molar-refractivity contribution in [1.82, 2.24) is 9.88 Å². The van der Waals surface area contributed by atoms with Gasteiger partial charge in [0.25, 0.3) is 0 Å². The van der Waals surface area contributed by atoms with Crippen molar-refractivity contribution in [3.8, 4) is 0 Å². The van der Waals surface area contributed by atoms with Crippen LogP contribution < -0.4 is 10.6 Å². The maximum absolute atomic E-state index is 12.5. The Balaban J connectivity index is 1.45. The lowest BCUT2D eigenvalue weighted by Crippen LogP contribution is -2.28. The van der Waals surface area contributed by atoms with Gasteiger partial charge in [-0.3, -0.25) is 9.59 Å². The first-order valence-corrected chi connectivity index (χ1v) is 8.95. The number of likely N-dealkylation sites (N-methyl/N-ethyl adjacent to an activating group) is 1. The number of carbonyl (C=O) groups excluding carboxylic acids is 2. The van der Waals surface area contributed by atoms with Crippen molar-refractivity contribution in [1.29, 1.82) is 0 Å². The Morgan fingerprint density at radius 1 is 1.36 bits per heavy atom. The van der Waals surface area contributed by atoms with Crippen LogP contribution in [0.4, 0.5) is 11.5 Å². The zero-order valence-corrected chi connectivity index (χ0v) is 15.7. The Hall–Kier alpha value is -3.61. The molecule has 0 radical (unpaired) electrons. The molecule has 0 bridgehead atoms. The number of aromatic nitrogens is 1. The van der Waals surface area contributed by atoms with Crippen LogP contribution in [0.25, 0.3) is 17.0 Å². The molecule has 3 aromatic rings. The van der Waals surface area contributed by atoms with Crippen LogP contribution in [-0.2, 0) is 16.1 Å². The lowest BCUT2D eigenvalue weighted by Gasteiger charge is -2.17. The molecule has 2 N–H and O–H groups in total. The van der Waals surface area contributed by atoms with E-state index in [1.54, 1.807) is 24.2 Å². The molecule has 1 aliphatic rings. The standard InChI is InChI=1S/C21H20N4O3/c1-13-15-5-3-4-6-17(15)28-18(13)12-25(2)20(27)8-7-14-9-16-21(23-10-14)24-19(26)11-22-16/h3-10,22H,11-12H2,1-2H3,(H,23,24,26)/b8-7+. The Kier molecular flexibility index (Phi) is 4.57. The van der Waals surface area contributed by atoms with E-state index in [-0.39, 0.29) is 18.4 Å². The van der Waals surface area contributed by atoms with Gasteiger partial charge in [-0.25, -0.2) is 4.98 Å². The van der Waals surface area contributed by atoms with Gasteiger partial charge in [0.15, 0.2) is 5.82 Å². The minimum Gasteiger partial charge on any atom is -0.459 e. The first kappa shape index (κ1) is 17.8. The van der Waals surface area contributed by atoms with E-state index in [1.807, 2.05) is 37.3 Å². The highest BCUT2D eigenvalue weighted by Crippen LogP contribution is 2.26. The number of nitrogens with one attached hydrogen (secondary N) is 2. The molecule has 0 saturated carbocycles. The van der Waals surface area contributed by atoms with Gasteiger partial charge >= 0.3 is 0 Å². The molecule has 142 valence electrons. The van der Waals surface area contributed by atoms with E-state index < -0.39 is 0 Å². The normalized spacial score (nSPS) is 13.3. The number of hydrogen-bond donors (Lipinski definition) is 2. The number of hydrogen-bond acceptors (Lipinski definition) is 5. The summed E-state index contributed by atoms with van der Waals surface area (Å²) in [4.78, 5) is 29.6. The van der Waals surface area contributed by atoms with Gasteiger partial charge in [0.1, 0.15) is 11.3 Å². The summed E-state index contributed by atoms with van der Waals surface area (Å²) in [5.41, 5.74) is 3.38. The molecular weight excluding hydrogens is 356 g/mol. The monoisotopic (exact) mass is 376 g/mol. The fourth-order valence-electron chi connectivity index (χ4n) is 3.12. The predicted octanol–water partition coefficient (Wildman–Crippen LogP) is 3.17. The molecule has 0 spiro atoms. The van der Waals surface area contributed by atoms with Crippen molar-refractivity contribution in [2.45, 2.75) is 13.5 Å². The molecule has 0 atom stereocenters. The summed E-state index contributed by atoms with van der Waals surface area (Å²) in [5.74, 6) is 1.01. The van der Waals surface area contributed by atoms with Gasteiger partial charge in [0.05, 0.1) is 18.8 Å². The number of pyridine rings is 1. The number of carbonyl (C=O) groups is 2. The summed E-state index contributed by atoms with van der Waals surface area (Å²) < 4.78 is 5.88. The van der Waals surface area contributed by atoms with Gasteiger partial charge < -0.3 is 20.0 Å². The topological polar surface area (TPSA) is 87.5 Å². The van der Waals surface area contributed by atoms with E-state index in [9.17, 15) is 9.59 Å². The zero-order valence-electron chi connectivity index (χ0n) is 15.7. The van der Waals surface area contributed by atoms with Crippen molar-refractivity contribution >= 4 is 40.4 Å². The smallest absolute Gasteiger partial charge is 0.246 e. The van der Waals surface area contributed by atoms with E-state index in [0.29, 0.717) is 12.4 Å². The number of para-hydroxylation sites is 1. The van der Waals surface area contributed by atoms with Gasteiger partial charge in [-0.1, -0.05) is 18.2 Å². The van der Waals surface area contributed by atoms with Crippen molar-refractivity contribution in [3.05, 3.63) is 59.5 Å². The van der Waals surface area contributed by atoms with Crippen LogP contribution in [0.3, 0.4) is 0 Å². The first-order chi connectivity index (χ1) is 13.5. The quantitative estimate of drug-likeness (QED) is 0.683. The van der Waals surface area contributed by atoms with Crippen LogP contribution in [0.1, 0.15) is 16.9 Å². The Morgan fingerprint density at radius 3 is 3.00 bits per heavy atom. The number of nitrogens with zero attached hydrogens (tertiary/aromatic N) is 2. The van der Waals surface area contributed by atoms with E-state index >= 15 is 0 Å². The van der Waals surface area contributed by atoms with Crippen molar-refractivity contribution in [2.24, 2.45) is 0 Å². The molecule has 0 aliphatic carbocycles. The lowest BCUT2D eigenvalue weighted by atomic mass is 10.1. The largest absolute Gasteiger partial charge is 0.459 e. The first-order valence-electron chi connectivity index (χ1n) is 8.95. The SMILES string of the molecule is Cc1c(CN(C)C(=O)/C=C/c2cnc3c(c2)NCC(=O)N3)oc2ccccc12. The molecule has 3 heterocycles. The molecule has 28 heavy (non-hydrogen) atoms. The second kappa shape index (κ2) is 7.19. The molecule has 4 rings (SSSR count). The van der Waals surface area contributed by atoms with Crippen LogP contribution in [0.15, 0.2) is 47.0 Å². The summed E-state index contributed by atoms with van der Waals surface area (Å²) in [6.45, 7) is 2.60. The summed E-state index contributed by atoms with van der Waals surface area (Å²) in [7, 11) is 1.74. The van der Waals surface area contributed by atoms with E-state index in [0.717, 1.165) is 33.5 Å². The molecular formula is C21H20N4O3. The molecule has 2 aromatic heterocycles. The van der Waals surface area contributed by atoms with Gasteiger partial charge in [-0.2, -0.15) is 0 Å². The van der Waals surface area contributed by atoms with Crippen LogP contribution in [-0.4, -0.2) is 35.3 Å². The summed E-state index contributed by atoms with van der Waals surface area (Å²) in [5, 5.41) is 6.75. The average Bonchev–Trinajstić information content (AvgIpc) is 3.01. The Bertz CT molecular complexity index is 1100. The van der Waals surface area contributed by atoms with Crippen molar-refractivity contribution < 1.29 is 14.0 Å². The average molecular weight is 376 g/mol. The fraction of sp³-hybridized carbons (Fsp3) is 0.190. The third kappa shape index (κ3) is 3.46. The fourth-order valence-corrected chi connectivity index (χ4v) is 3.12. The zero-order chi connectivity index (χ0) is 19.7. The van der Waals surface area contributed by atoms with Gasteiger partial charge in [0, 0.05) is 30.3 Å². The Morgan fingerprint density at radius 2 is 2.18 bits per heavy atom. The predicted molar refractivity (Wildman–Crippen MR) is 108 cm³/mol. The number of aryl methyl sites for hydroxylation is 1. The van der Waals surface area contributed by atoms with Crippen LogP contribution in [0.2, 0.25) is 0 Å². The van der Waals surface area contributed by atoms with E-state index in [1.165, 1.54) is 6.08 Å². The molecule has 7 nitrogen and oxygen atoms in total. The van der Waals surface area contributed by atoms with E-state index in [2.05, 4.69) is 15.6 Å². The molecule has 2 amide bonds. The highest BCUT2D eigenvalue weighted by molar-refractivity contribution is 5.99. The van der Waals surface area contributed by atoms with Gasteiger partial charge in [-0.05, 0) is 30.7 Å². The molecule has 7 heteroatoms.